The monoisotopic (exact) mass is 1040 g/mol. The molecule has 0 aliphatic rings. The van der Waals surface area contributed by atoms with Gasteiger partial charge in [0.1, 0.15) is 0 Å². The maximum atomic E-state index is 3.34. The molecule has 0 N–H and O–H groups in total. The Morgan fingerprint density at radius 2 is 0.424 bits per heavy atom. The third-order valence-electron chi connectivity index (χ3n) is 11.1. The molecule has 0 saturated heterocycles. The van der Waals surface area contributed by atoms with Gasteiger partial charge >= 0.3 is 56.9 Å². The predicted molar refractivity (Wildman–Crippen MR) is 274 cm³/mol. The van der Waals surface area contributed by atoms with Crippen LogP contribution in [-0.2, 0) is 48.5 Å². The summed E-state index contributed by atoms with van der Waals surface area (Å²) in [5, 5.41) is 10.6. The Morgan fingerprint density at radius 3 is 0.621 bits per heavy atom. The van der Waals surface area contributed by atoms with Crippen molar-refractivity contribution in [2.75, 3.05) is 0 Å². The van der Waals surface area contributed by atoms with Gasteiger partial charge in [0.25, 0.3) is 0 Å². The largest absolute Gasteiger partial charge is 1.00 e. The van der Waals surface area contributed by atoms with Crippen LogP contribution < -0.4 is 24.8 Å². The number of rotatable bonds is 4. The van der Waals surface area contributed by atoms with Gasteiger partial charge in [-0.3, -0.25) is 0 Å². The molecule has 0 nitrogen and oxygen atoms in total. The number of fused-ring (bicyclic) bond motifs is 4. The third kappa shape index (κ3) is 12.8. The summed E-state index contributed by atoms with van der Waals surface area (Å²) >= 11 is 2.60. The predicted octanol–water partition coefficient (Wildman–Crippen LogP) is 10.8. The molecular weight excluding hydrogens is 998 g/mol. The van der Waals surface area contributed by atoms with E-state index in [0.29, 0.717) is 0 Å². The molecule has 12 rings (SSSR count). The topological polar surface area (TPSA) is 0 Å². The summed E-state index contributed by atoms with van der Waals surface area (Å²) in [6, 6.07) is 93.6. The van der Waals surface area contributed by atoms with Crippen molar-refractivity contribution in [2.24, 2.45) is 0 Å². The minimum atomic E-state index is 0. The van der Waals surface area contributed by atoms with Crippen molar-refractivity contribution in [3.05, 3.63) is 267 Å². The molecule has 66 heavy (non-hydrogen) atoms. The number of halogens is 2. The van der Waals surface area contributed by atoms with Crippen LogP contribution >= 0.6 is 0 Å². The maximum absolute atomic E-state index is 3.34. The van der Waals surface area contributed by atoms with Gasteiger partial charge in [0.15, 0.2) is 0 Å². The summed E-state index contributed by atoms with van der Waals surface area (Å²) in [5.41, 5.74) is 10.4. The molecule has 0 fully saturated rings. The molecule has 12 aromatic rings. The Labute approximate surface area is 432 Å². The summed E-state index contributed by atoms with van der Waals surface area (Å²) in [6.07, 6.45) is 0. The van der Waals surface area contributed by atoms with Crippen LogP contribution in [0.15, 0.2) is 267 Å². The first kappa shape index (κ1) is 51.3. The van der Waals surface area contributed by atoms with E-state index in [-0.39, 0.29) is 24.8 Å². The SMILES string of the molecule is [CH2]=[Zr+2].[CH2]=[Zr+2].[Cl-].[Cl-].c1ccc(-c2cccc3[cH-]ccc23)cc1.c1ccc(-c2cccc3[cH-]ccc23)cc1.c1ccc(-c2cccc3[cH-]ccc23)cc1.c1ccc(-c2cccc3[cH-]ccc23)cc1. The molecule has 0 radical (unpaired) electrons. The van der Waals surface area contributed by atoms with Crippen LogP contribution in [0.1, 0.15) is 0 Å². The van der Waals surface area contributed by atoms with Crippen LogP contribution in [0, 0.1) is 0 Å². The average molecular weight is 1050 g/mol. The van der Waals surface area contributed by atoms with Crippen molar-refractivity contribution in [1.82, 2.24) is 0 Å². The van der Waals surface area contributed by atoms with Crippen molar-refractivity contribution in [3.63, 3.8) is 0 Å². The normalized spacial score (nSPS) is 9.88. The number of hydrogen-bond donors (Lipinski definition) is 0. The molecule has 0 spiro atoms. The van der Waals surface area contributed by atoms with Crippen LogP contribution in [0.5, 0.6) is 0 Å². The minimum Gasteiger partial charge on any atom is -1.00 e. The van der Waals surface area contributed by atoms with Gasteiger partial charge < -0.3 is 24.8 Å². The second-order valence-electron chi connectivity index (χ2n) is 14.8. The van der Waals surface area contributed by atoms with E-state index in [1.165, 1.54) is 136 Å². The zero-order valence-corrected chi connectivity index (χ0v) is 43.0. The average Bonchev–Trinajstić information content (AvgIpc) is 4.25. The number of benzene rings is 8. The van der Waals surface area contributed by atoms with E-state index in [4.69, 9.17) is 0 Å². The van der Waals surface area contributed by atoms with Gasteiger partial charge in [-0.15, -0.1) is 116 Å². The third-order valence-corrected chi connectivity index (χ3v) is 11.1. The van der Waals surface area contributed by atoms with Crippen LogP contribution in [0.4, 0.5) is 0 Å². The maximum Gasteiger partial charge on any atom is -0.0279 e. The summed E-state index contributed by atoms with van der Waals surface area (Å²) in [4.78, 5) is 0. The summed E-state index contributed by atoms with van der Waals surface area (Å²) in [6.45, 7) is 0. The molecule has 0 aliphatic heterocycles. The summed E-state index contributed by atoms with van der Waals surface area (Å²) in [7, 11) is 0. The summed E-state index contributed by atoms with van der Waals surface area (Å²) < 4.78 is 6.68. The van der Waals surface area contributed by atoms with E-state index in [1.54, 1.807) is 0 Å². The molecule has 0 aliphatic carbocycles. The minimum absolute atomic E-state index is 0. The van der Waals surface area contributed by atoms with Crippen LogP contribution in [0.2, 0.25) is 0 Å². The van der Waals surface area contributed by atoms with E-state index in [9.17, 15) is 0 Å². The Bertz CT molecular complexity index is 2790. The first-order valence-corrected chi connectivity index (χ1v) is 24.8. The van der Waals surface area contributed by atoms with Crippen molar-refractivity contribution >= 4 is 51.5 Å². The fraction of sp³-hybridized carbons (Fsp3) is 0. The number of hydrogen-bond acceptors (Lipinski definition) is 0. The Morgan fingerprint density at radius 1 is 0.227 bits per heavy atom. The van der Waals surface area contributed by atoms with E-state index in [2.05, 4.69) is 275 Å². The quantitative estimate of drug-likeness (QED) is 0.154. The molecule has 12 aromatic carbocycles. The second kappa shape index (κ2) is 27.1. The Balaban J connectivity index is 0.000000159. The van der Waals surface area contributed by atoms with Crippen LogP contribution in [0.25, 0.3) is 87.6 Å². The summed E-state index contributed by atoms with van der Waals surface area (Å²) in [5.74, 6) is 0. The fourth-order valence-corrected chi connectivity index (χ4v) is 8.13. The Hall–Kier alpha value is -5.71. The van der Waals surface area contributed by atoms with Gasteiger partial charge in [-0.1, -0.05) is 168 Å². The van der Waals surface area contributed by atoms with Crippen molar-refractivity contribution in [2.45, 2.75) is 0 Å². The van der Waals surface area contributed by atoms with E-state index < -0.39 is 0 Å². The molecule has 320 valence electrons. The molecule has 0 bridgehead atoms. The molecule has 0 saturated carbocycles. The van der Waals surface area contributed by atoms with Gasteiger partial charge in [0.2, 0.25) is 0 Å². The first-order chi connectivity index (χ1) is 31.8. The van der Waals surface area contributed by atoms with Gasteiger partial charge in [-0.25, -0.2) is 0 Å². The van der Waals surface area contributed by atoms with Crippen LogP contribution in [0.3, 0.4) is 0 Å². The fourth-order valence-electron chi connectivity index (χ4n) is 8.13. The van der Waals surface area contributed by atoms with Gasteiger partial charge in [0, 0.05) is 0 Å². The zero-order valence-electron chi connectivity index (χ0n) is 36.6. The first-order valence-electron chi connectivity index (χ1n) is 21.3. The molecule has 0 unspecified atom stereocenters. The van der Waals surface area contributed by atoms with Gasteiger partial charge in [0.05, 0.1) is 0 Å². The van der Waals surface area contributed by atoms with Crippen molar-refractivity contribution < 1.29 is 73.3 Å². The molecule has 0 aromatic heterocycles. The van der Waals surface area contributed by atoms with Crippen LogP contribution in [-0.4, -0.2) is 8.42 Å². The van der Waals surface area contributed by atoms with E-state index in [1.807, 2.05) is 0 Å². The molecule has 0 atom stereocenters. The molecule has 0 heterocycles. The molecular formula is C62H48Cl2Zr2-2. The van der Waals surface area contributed by atoms with E-state index in [0.717, 1.165) is 0 Å². The van der Waals surface area contributed by atoms with Crippen molar-refractivity contribution in [3.8, 4) is 44.5 Å². The smallest absolute Gasteiger partial charge is 0.0279 e. The standard InChI is InChI=1S/4C15H11.2CH2.2ClH.2Zr/c4*1-2-6-12(7-3-1)14-10-4-8-13-9-5-11-15(13)14;;;;;;/h4*1-11H;2*1H2;2*1H;;/q4*-1;;;;;2*+2/p-2. The van der Waals surface area contributed by atoms with Crippen molar-refractivity contribution in [1.29, 1.82) is 0 Å². The molecule has 4 heteroatoms. The van der Waals surface area contributed by atoms with E-state index >= 15 is 0 Å². The zero-order chi connectivity index (χ0) is 44.4. The second-order valence-corrected chi connectivity index (χ2v) is 14.8. The molecule has 0 amide bonds. The Kier molecular flexibility index (Phi) is 21.0. The van der Waals surface area contributed by atoms with Gasteiger partial charge in [-0.2, -0.15) is 48.5 Å². The van der Waals surface area contributed by atoms with Gasteiger partial charge in [-0.05, 0) is 22.3 Å².